The van der Waals surface area contributed by atoms with Crippen molar-refractivity contribution in [1.82, 2.24) is 4.98 Å². The molecule has 1 aromatic rings. The van der Waals surface area contributed by atoms with Gasteiger partial charge in [0.2, 0.25) is 0 Å². The number of pyridine rings is 1. The Balaban J connectivity index is 2.57. The summed E-state index contributed by atoms with van der Waals surface area (Å²) in [5.74, 6) is 0. The van der Waals surface area contributed by atoms with Crippen LogP contribution in [0.4, 0.5) is 0 Å². The van der Waals surface area contributed by atoms with Crippen LogP contribution in [0.15, 0.2) is 30.5 Å². The minimum absolute atomic E-state index is 1.01. The lowest BCUT2D eigenvalue weighted by molar-refractivity contribution is 0.900. The second-order valence-electron chi connectivity index (χ2n) is 3.28. The van der Waals surface area contributed by atoms with E-state index in [0.29, 0.717) is 0 Å². The Morgan fingerprint density at radius 1 is 1.58 bits per heavy atom. The van der Waals surface area contributed by atoms with Crippen LogP contribution < -0.4 is 0 Å². The molecule has 0 aliphatic carbocycles. The molecule has 1 rings (SSSR count). The molecule has 0 spiro atoms. The van der Waals surface area contributed by atoms with E-state index in [1.165, 1.54) is 11.1 Å². The molecule has 0 saturated carbocycles. The molecule has 1 heteroatoms. The van der Waals surface area contributed by atoms with Gasteiger partial charge in [-0.3, -0.25) is 4.98 Å². The van der Waals surface area contributed by atoms with E-state index in [1.54, 1.807) is 0 Å². The molecule has 0 aromatic carbocycles. The topological polar surface area (TPSA) is 12.9 Å². The number of nitrogens with zero attached hydrogens (tertiary/aromatic N) is 1. The normalized spacial score (nSPS) is 9.83. The average molecular weight is 161 g/mol. The van der Waals surface area contributed by atoms with Crippen molar-refractivity contribution < 1.29 is 0 Å². The van der Waals surface area contributed by atoms with Crippen LogP contribution in [0.2, 0.25) is 0 Å². The van der Waals surface area contributed by atoms with Crippen LogP contribution in [0, 0.1) is 6.92 Å². The van der Waals surface area contributed by atoms with Gasteiger partial charge in [0.25, 0.3) is 0 Å². The van der Waals surface area contributed by atoms with Crippen molar-refractivity contribution >= 4 is 0 Å². The van der Waals surface area contributed by atoms with E-state index < -0.39 is 0 Å². The molecule has 1 heterocycles. The van der Waals surface area contributed by atoms with Gasteiger partial charge in [0.1, 0.15) is 0 Å². The highest BCUT2D eigenvalue weighted by Crippen LogP contribution is 2.06. The van der Waals surface area contributed by atoms with Crippen molar-refractivity contribution in [2.45, 2.75) is 26.7 Å². The van der Waals surface area contributed by atoms with Gasteiger partial charge in [-0.05, 0) is 44.4 Å². The third kappa shape index (κ3) is 2.87. The van der Waals surface area contributed by atoms with Crippen LogP contribution in [0.3, 0.4) is 0 Å². The predicted molar refractivity (Wildman–Crippen MR) is 52.1 cm³/mol. The predicted octanol–water partition coefficient (Wildman–Crippen LogP) is 2.90. The van der Waals surface area contributed by atoms with Gasteiger partial charge in [-0.15, -0.1) is 6.58 Å². The van der Waals surface area contributed by atoms with E-state index in [9.17, 15) is 0 Å². The number of aromatic nitrogens is 1. The molecule has 64 valence electrons. The van der Waals surface area contributed by atoms with Gasteiger partial charge in [-0.2, -0.15) is 0 Å². The van der Waals surface area contributed by atoms with E-state index in [4.69, 9.17) is 0 Å². The molecule has 0 fully saturated rings. The van der Waals surface area contributed by atoms with Crippen LogP contribution in [0.5, 0.6) is 0 Å². The van der Waals surface area contributed by atoms with Crippen molar-refractivity contribution in [2.24, 2.45) is 0 Å². The molecular weight excluding hydrogens is 146 g/mol. The van der Waals surface area contributed by atoms with Crippen LogP contribution in [-0.4, -0.2) is 4.98 Å². The second-order valence-corrected chi connectivity index (χ2v) is 3.28. The molecule has 0 radical (unpaired) electrons. The fourth-order valence-electron chi connectivity index (χ4n) is 1.08. The van der Waals surface area contributed by atoms with Crippen LogP contribution >= 0.6 is 0 Å². The second kappa shape index (κ2) is 4.05. The summed E-state index contributed by atoms with van der Waals surface area (Å²) in [7, 11) is 0. The van der Waals surface area contributed by atoms with Crippen LogP contribution in [0.25, 0.3) is 0 Å². The smallest absolute Gasteiger partial charge is 0.0409 e. The number of aryl methyl sites for hydroxylation is 2. The van der Waals surface area contributed by atoms with Crippen LogP contribution in [-0.2, 0) is 6.42 Å². The molecule has 0 bridgehead atoms. The van der Waals surface area contributed by atoms with Gasteiger partial charge in [0.05, 0.1) is 0 Å². The highest BCUT2D eigenvalue weighted by atomic mass is 14.7. The zero-order valence-corrected chi connectivity index (χ0v) is 7.80. The van der Waals surface area contributed by atoms with Crippen LogP contribution in [0.1, 0.15) is 24.6 Å². The summed E-state index contributed by atoms with van der Waals surface area (Å²) in [5, 5.41) is 0. The Labute approximate surface area is 74.2 Å². The van der Waals surface area contributed by atoms with E-state index in [-0.39, 0.29) is 0 Å². The number of rotatable bonds is 3. The van der Waals surface area contributed by atoms with E-state index in [2.05, 4.69) is 31.5 Å². The summed E-state index contributed by atoms with van der Waals surface area (Å²) in [5.41, 5.74) is 3.66. The number of hydrogen-bond donors (Lipinski definition) is 0. The molecule has 0 saturated heterocycles. The molecule has 0 N–H and O–H groups in total. The van der Waals surface area contributed by atoms with Gasteiger partial charge >= 0.3 is 0 Å². The van der Waals surface area contributed by atoms with Gasteiger partial charge in [0, 0.05) is 11.9 Å². The van der Waals surface area contributed by atoms with E-state index in [0.717, 1.165) is 18.5 Å². The lowest BCUT2D eigenvalue weighted by Gasteiger charge is -2.00. The van der Waals surface area contributed by atoms with Crippen molar-refractivity contribution in [1.29, 1.82) is 0 Å². The summed E-state index contributed by atoms with van der Waals surface area (Å²) >= 11 is 0. The Morgan fingerprint density at radius 2 is 2.33 bits per heavy atom. The Kier molecular flexibility index (Phi) is 3.03. The number of hydrogen-bond acceptors (Lipinski definition) is 1. The highest BCUT2D eigenvalue weighted by molar-refractivity contribution is 5.15. The zero-order chi connectivity index (χ0) is 8.97. The monoisotopic (exact) mass is 161 g/mol. The molecule has 1 aromatic heterocycles. The summed E-state index contributed by atoms with van der Waals surface area (Å²) in [6.07, 6.45) is 3.91. The number of allylic oxidation sites excluding steroid dienone is 1. The molecule has 0 amide bonds. The fourth-order valence-corrected chi connectivity index (χ4v) is 1.08. The molecule has 0 unspecified atom stereocenters. The molecular formula is C11H15N. The first-order valence-electron chi connectivity index (χ1n) is 4.24. The lowest BCUT2D eigenvalue weighted by atomic mass is 10.1. The SMILES string of the molecule is C=C(C)CCc1cc(C)ccn1. The first-order valence-corrected chi connectivity index (χ1v) is 4.24. The molecule has 12 heavy (non-hydrogen) atoms. The minimum Gasteiger partial charge on any atom is -0.261 e. The first kappa shape index (κ1) is 8.98. The quantitative estimate of drug-likeness (QED) is 0.621. The molecule has 1 nitrogen and oxygen atoms in total. The largest absolute Gasteiger partial charge is 0.261 e. The summed E-state index contributed by atoms with van der Waals surface area (Å²) < 4.78 is 0. The summed E-state index contributed by atoms with van der Waals surface area (Å²) in [6.45, 7) is 8.01. The Morgan fingerprint density at radius 3 is 2.92 bits per heavy atom. The Bertz CT molecular complexity index is 276. The fraction of sp³-hybridized carbons (Fsp3) is 0.364. The standard InChI is InChI=1S/C11H15N/c1-9(2)4-5-11-8-10(3)6-7-12-11/h6-8H,1,4-5H2,2-3H3. The maximum atomic E-state index is 4.27. The lowest BCUT2D eigenvalue weighted by Crippen LogP contribution is -1.90. The summed E-state index contributed by atoms with van der Waals surface area (Å²) in [4.78, 5) is 4.27. The maximum Gasteiger partial charge on any atom is 0.0409 e. The molecule has 0 aliphatic rings. The minimum atomic E-state index is 1.01. The van der Waals surface area contributed by atoms with E-state index >= 15 is 0 Å². The molecule has 0 atom stereocenters. The van der Waals surface area contributed by atoms with Crippen molar-refractivity contribution in [3.05, 3.63) is 41.7 Å². The molecule has 0 aliphatic heterocycles. The third-order valence-electron chi connectivity index (χ3n) is 1.78. The van der Waals surface area contributed by atoms with Gasteiger partial charge < -0.3 is 0 Å². The van der Waals surface area contributed by atoms with E-state index in [1.807, 2.05) is 12.3 Å². The van der Waals surface area contributed by atoms with Crippen molar-refractivity contribution in [3.8, 4) is 0 Å². The van der Waals surface area contributed by atoms with Gasteiger partial charge in [0.15, 0.2) is 0 Å². The van der Waals surface area contributed by atoms with Gasteiger partial charge in [-0.1, -0.05) is 5.57 Å². The van der Waals surface area contributed by atoms with Crippen molar-refractivity contribution in [2.75, 3.05) is 0 Å². The van der Waals surface area contributed by atoms with Crippen molar-refractivity contribution in [3.63, 3.8) is 0 Å². The zero-order valence-electron chi connectivity index (χ0n) is 7.80. The summed E-state index contributed by atoms with van der Waals surface area (Å²) in [6, 6.07) is 4.15. The Hall–Kier alpha value is -1.11. The third-order valence-corrected chi connectivity index (χ3v) is 1.78. The highest BCUT2D eigenvalue weighted by Gasteiger charge is 1.94. The first-order chi connectivity index (χ1) is 5.68. The average Bonchev–Trinajstić information content (AvgIpc) is 2.01. The maximum absolute atomic E-state index is 4.27. The van der Waals surface area contributed by atoms with Gasteiger partial charge in [-0.25, -0.2) is 0 Å².